The van der Waals surface area contributed by atoms with E-state index in [0.717, 1.165) is 113 Å². The molecule has 10 fully saturated rings. The van der Waals surface area contributed by atoms with Crippen LogP contribution in [0.4, 0.5) is 0 Å². The van der Waals surface area contributed by atoms with E-state index in [9.17, 15) is 0 Å². The molecule has 0 aromatic carbocycles. The first kappa shape index (κ1) is 36.4. The van der Waals surface area contributed by atoms with Crippen molar-refractivity contribution in [3.05, 3.63) is 0 Å². The molecule has 0 radical (unpaired) electrons. The first-order chi connectivity index (χ1) is 25.7. The van der Waals surface area contributed by atoms with Gasteiger partial charge in [-0.15, -0.1) is 0 Å². The van der Waals surface area contributed by atoms with E-state index in [0.29, 0.717) is 0 Å². The molecule has 0 amide bonds. The van der Waals surface area contributed by atoms with Crippen LogP contribution in [0.1, 0.15) is 212 Å². The van der Waals surface area contributed by atoms with Crippen molar-refractivity contribution in [3.8, 4) is 0 Å². The third-order valence-electron chi connectivity index (χ3n) is 21.4. The topological polar surface area (TPSA) is 0 Å². The zero-order chi connectivity index (χ0) is 34.6. The maximum atomic E-state index is 2.69. The standard InChI is InChI=1S/C51H85B/c1-34-28-29-45(40-23-11-10-22-39(34)40)50-43-26-14-15-27-44(43)51(48-33-36-17-9-8-16-35(36)32-47(48)50)46-30-31-49(42-25-13-12-24-41(42)46)52(37-18-4-2-5-19-37)38-20-6-3-7-21-38/h34-51H,2-33H2,1H3. The molecule has 0 aromatic rings. The van der Waals surface area contributed by atoms with Crippen LogP contribution in [0.2, 0.25) is 17.5 Å². The fraction of sp³-hybridized carbons (Fsp3) is 1.00. The summed E-state index contributed by atoms with van der Waals surface area (Å²) >= 11 is 0. The summed E-state index contributed by atoms with van der Waals surface area (Å²) in [5, 5.41) is 0. The second-order valence-corrected chi connectivity index (χ2v) is 23.1. The van der Waals surface area contributed by atoms with Gasteiger partial charge >= 0.3 is 0 Å². The molecule has 0 aromatic heterocycles. The highest BCUT2D eigenvalue weighted by Gasteiger charge is 2.61. The smallest absolute Gasteiger partial charge is 0.0622 e. The van der Waals surface area contributed by atoms with E-state index in [-0.39, 0.29) is 0 Å². The van der Waals surface area contributed by atoms with E-state index in [4.69, 9.17) is 0 Å². The van der Waals surface area contributed by atoms with Crippen molar-refractivity contribution < 1.29 is 0 Å². The molecule has 52 heavy (non-hydrogen) atoms. The molecule has 0 spiro atoms. The summed E-state index contributed by atoms with van der Waals surface area (Å²) in [5.41, 5.74) is 0. The van der Waals surface area contributed by atoms with Gasteiger partial charge in [-0.2, -0.15) is 0 Å². The van der Waals surface area contributed by atoms with Crippen LogP contribution in [0.15, 0.2) is 0 Å². The Labute approximate surface area is 324 Å². The van der Waals surface area contributed by atoms with Crippen molar-refractivity contribution in [2.24, 2.45) is 88.8 Å². The second-order valence-electron chi connectivity index (χ2n) is 23.1. The Hall–Kier alpha value is 0.0649. The van der Waals surface area contributed by atoms with E-state index in [1.54, 1.807) is 205 Å². The number of rotatable bonds is 5. The lowest BCUT2D eigenvalue weighted by molar-refractivity contribution is -0.159. The third-order valence-corrected chi connectivity index (χ3v) is 21.4. The fourth-order valence-electron chi connectivity index (χ4n) is 19.8. The summed E-state index contributed by atoms with van der Waals surface area (Å²) in [6.45, 7) is 3.81. The maximum Gasteiger partial charge on any atom is 0.149 e. The minimum atomic E-state index is 1.02. The van der Waals surface area contributed by atoms with Crippen LogP contribution in [0.5, 0.6) is 0 Å². The Kier molecular flexibility index (Phi) is 11.3. The molecule has 0 aliphatic heterocycles. The average Bonchev–Trinajstić information content (AvgIpc) is 3.21. The van der Waals surface area contributed by atoms with Crippen LogP contribution in [-0.4, -0.2) is 6.71 Å². The molecule has 10 rings (SSSR count). The fourth-order valence-corrected chi connectivity index (χ4v) is 19.8. The lowest BCUT2D eigenvalue weighted by Crippen LogP contribution is -2.58. The lowest BCUT2D eigenvalue weighted by Gasteiger charge is -2.65. The van der Waals surface area contributed by atoms with Gasteiger partial charge in [-0.1, -0.05) is 178 Å². The van der Waals surface area contributed by atoms with Crippen molar-refractivity contribution in [3.63, 3.8) is 0 Å². The van der Waals surface area contributed by atoms with E-state index in [1.165, 1.54) is 0 Å². The van der Waals surface area contributed by atoms with Gasteiger partial charge in [0.25, 0.3) is 0 Å². The van der Waals surface area contributed by atoms with Gasteiger partial charge in [-0.3, -0.25) is 0 Å². The van der Waals surface area contributed by atoms with Gasteiger partial charge in [0.2, 0.25) is 0 Å². The molecule has 292 valence electrons. The van der Waals surface area contributed by atoms with E-state index >= 15 is 0 Å². The number of hydrogen-bond acceptors (Lipinski definition) is 0. The molecule has 0 N–H and O–H groups in total. The summed E-state index contributed by atoms with van der Waals surface area (Å²) in [6.07, 6.45) is 51.5. The van der Waals surface area contributed by atoms with E-state index in [1.807, 2.05) is 0 Å². The van der Waals surface area contributed by atoms with Gasteiger partial charge in [0, 0.05) is 0 Å². The SMILES string of the molecule is CC1CCC(C2C3CCCCC3C(C3CCC(B(C4CCCCC4)C4CCCCC4)C4CCCCC43)C3CC4CCCCC4CC32)C2CCCCC12. The quantitative estimate of drug-likeness (QED) is 0.249. The van der Waals surface area contributed by atoms with Crippen molar-refractivity contribution >= 4 is 6.71 Å². The number of fused-ring (bicyclic) bond motifs is 5. The molecular formula is C51H85B. The molecule has 16 atom stereocenters. The predicted octanol–water partition coefficient (Wildman–Crippen LogP) is 15.5. The third kappa shape index (κ3) is 6.71. The Bertz CT molecular complexity index is 1130. The molecule has 1 heteroatoms. The Morgan fingerprint density at radius 2 is 0.673 bits per heavy atom. The molecule has 10 aliphatic carbocycles. The highest BCUT2D eigenvalue weighted by Crippen LogP contribution is 2.68. The molecule has 16 unspecified atom stereocenters. The van der Waals surface area contributed by atoms with Gasteiger partial charge in [-0.05, 0) is 140 Å². The maximum absolute atomic E-state index is 2.69. The van der Waals surface area contributed by atoms with Crippen molar-refractivity contribution in [1.82, 2.24) is 0 Å². The van der Waals surface area contributed by atoms with Crippen LogP contribution in [0.3, 0.4) is 0 Å². The van der Waals surface area contributed by atoms with Gasteiger partial charge in [0.1, 0.15) is 6.71 Å². The Morgan fingerprint density at radius 1 is 0.288 bits per heavy atom. The van der Waals surface area contributed by atoms with E-state index in [2.05, 4.69) is 6.92 Å². The Morgan fingerprint density at radius 3 is 1.21 bits per heavy atom. The first-order valence-electron chi connectivity index (χ1n) is 25.7. The molecule has 0 nitrogen and oxygen atoms in total. The molecule has 0 bridgehead atoms. The highest BCUT2D eigenvalue weighted by atomic mass is 14.6. The Balaban J connectivity index is 0.990. The van der Waals surface area contributed by atoms with Crippen molar-refractivity contribution in [2.75, 3.05) is 0 Å². The van der Waals surface area contributed by atoms with Gasteiger partial charge in [0.05, 0.1) is 0 Å². The monoisotopic (exact) mass is 709 g/mol. The lowest BCUT2D eigenvalue weighted by atomic mass is 9.21. The van der Waals surface area contributed by atoms with Gasteiger partial charge in [-0.25, -0.2) is 0 Å². The molecule has 0 heterocycles. The van der Waals surface area contributed by atoms with Crippen LogP contribution < -0.4 is 0 Å². The van der Waals surface area contributed by atoms with Gasteiger partial charge < -0.3 is 0 Å². The zero-order valence-corrected chi connectivity index (χ0v) is 34.6. The average molecular weight is 709 g/mol. The minimum Gasteiger partial charge on any atom is -0.0622 e. The molecule has 10 saturated carbocycles. The highest BCUT2D eigenvalue weighted by molar-refractivity contribution is 6.63. The summed E-state index contributed by atoms with van der Waals surface area (Å²) in [4.78, 5) is 0. The minimum absolute atomic E-state index is 1.02. The summed E-state index contributed by atoms with van der Waals surface area (Å²) in [7, 11) is 0. The number of hydrogen-bond donors (Lipinski definition) is 0. The normalized spacial score (nSPS) is 50.5. The van der Waals surface area contributed by atoms with Crippen LogP contribution in [-0.2, 0) is 0 Å². The summed E-state index contributed by atoms with van der Waals surface area (Å²) in [5.74, 6) is 20.0. The zero-order valence-electron chi connectivity index (χ0n) is 34.6. The second kappa shape index (κ2) is 16.1. The largest absolute Gasteiger partial charge is 0.149 e. The van der Waals surface area contributed by atoms with E-state index < -0.39 is 0 Å². The molecular weight excluding hydrogens is 623 g/mol. The van der Waals surface area contributed by atoms with Crippen molar-refractivity contribution in [1.29, 1.82) is 0 Å². The van der Waals surface area contributed by atoms with Crippen molar-refractivity contribution in [2.45, 2.75) is 230 Å². The summed E-state index contributed by atoms with van der Waals surface area (Å²) in [6, 6.07) is 0. The molecule has 0 saturated heterocycles. The van der Waals surface area contributed by atoms with Crippen LogP contribution in [0.25, 0.3) is 0 Å². The first-order valence-corrected chi connectivity index (χ1v) is 25.7. The van der Waals surface area contributed by atoms with Crippen LogP contribution in [0, 0.1) is 88.8 Å². The summed E-state index contributed by atoms with van der Waals surface area (Å²) < 4.78 is 0. The van der Waals surface area contributed by atoms with Gasteiger partial charge in [0.15, 0.2) is 0 Å². The van der Waals surface area contributed by atoms with Crippen LogP contribution >= 0.6 is 0 Å². The molecule has 10 aliphatic rings. The predicted molar refractivity (Wildman–Crippen MR) is 223 cm³/mol.